The molecule has 0 fully saturated rings. The van der Waals surface area contributed by atoms with E-state index < -0.39 is 0 Å². The monoisotopic (exact) mass is 332 g/mol. The van der Waals surface area contributed by atoms with Crippen LogP contribution in [0.4, 0.5) is 0 Å². The lowest BCUT2D eigenvalue weighted by molar-refractivity contribution is 0.0895. The van der Waals surface area contributed by atoms with Crippen molar-refractivity contribution in [1.29, 1.82) is 0 Å². The summed E-state index contributed by atoms with van der Waals surface area (Å²) in [6.45, 7) is 4.44. The molecule has 0 aliphatic heterocycles. The van der Waals surface area contributed by atoms with Crippen molar-refractivity contribution in [2.75, 3.05) is 6.54 Å². The van der Waals surface area contributed by atoms with Crippen LogP contribution in [0.2, 0.25) is 5.02 Å². The molecule has 1 rings (SSSR count). The lowest BCUT2D eigenvalue weighted by atomic mass is 9.92. The van der Waals surface area contributed by atoms with Crippen LogP contribution >= 0.6 is 27.5 Å². The number of hydrogen-bond acceptors (Lipinski definition) is 2. The quantitative estimate of drug-likeness (QED) is 0.868. The van der Waals surface area contributed by atoms with Gasteiger partial charge in [-0.25, -0.2) is 0 Å². The first-order valence-corrected chi connectivity index (χ1v) is 7.12. The van der Waals surface area contributed by atoms with Crippen molar-refractivity contribution in [2.24, 2.45) is 5.73 Å². The Morgan fingerprint density at radius 3 is 2.56 bits per heavy atom. The van der Waals surface area contributed by atoms with Gasteiger partial charge in [-0.2, -0.15) is 0 Å². The SMILES string of the molecule is CCC(CC)(CN)NC(=O)c1cc(Br)ccc1Cl. The lowest BCUT2D eigenvalue weighted by Gasteiger charge is -2.31. The molecule has 1 aromatic rings. The summed E-state index contributed by atoms with van der Waals surface area (Å²) in [7, 11) is 0. The number of nitrogens with one attached hydrogen (secondary N) is 1. The largest absolute Gasteiger partial charge is 0.345 e. The highest BCUT2D eigenvalue weighted by Crippen LogP contribution is 2.22. The molecule has 0 heterocycles. The topological polar surface area (TPSA) is 55.1 Å². The predicted octanol–water partition coefficient (Wildman–Crippen LogP) is 3.35. The van der Waals surface area contributed by atoms with Gasteiger partial charge in [0.2, 0.25) is 0 Å². The molecular weight excluding hydrogens is 316 g/mol. The molecule has 0 atom stereocenters. The minimum absolute atomic E-state index is 0.185. The highest BCUT2D eigenvalue weighted by molar-refractivity contribution is 9.10. The van der Waals surface area contributed by atoms with E-state index in [2.05, 4.69) is 21.2 Å². The van der Waals surface area contributed by atoms with E-state index in [4.69, 9.17) is 17.3 Å². The highest BCUT2D eigenvalue weighted by atomic mass is 79.9. The van der Waals surface area contributed by atoms with Gasteiger partial charge in [-0.05, 0) is 31.0 Å². The summed E-state index contributed by atoms with van der Waals surface area (Å²) in [4.78, 5) is 12.2. The van der Waals surface area contributed by atoms with Crippen LogP contribution in [0.3, 0.4) is 0 Å². The van der Waals surface area contributed by atoms with Crippen LogP contribution in [-0.2, 0) is 0 Å². The Kier molecular flexibility index (Phi) is 5.63. The maximum atomic E-state index is 12.2. The fourth-order valence-electron chi connectivity index (χ4n) is 1.75. The summed E-state index contributed by atoms with van der Waals surface area (Å²) in [6, 6.07) is 5.21. The van der Waals surface area contributed by atoms with Gasteiger partial charge in [0.25, 0.3) is 5.91 Å². The first kappa shape index (κ1) is 15.5. The number of carbonyl (C=O) groups excluding carboxylic acids is 1. The van der Waals surface area contributed by atoms with Crippen LogP contribution in [0.1, 0.15) is 37.0 Å². The molecule has 0 saturated carbocycles. The summed E-state index contributed by atoms with van der Waals surface area (Å²) < 4.78 is 0.823. The summed E-state index contributed by atoms with van der Waals surface area (Å²) in [5.41, 5.74) is 5.87. The van der Waals surface area contributed by atoms with Crippen molar-refractivity contribution in [2.45, 2.75) is 32.2 Å². The number of rotatable bonds is 5. The number of carbonyl (C=O) groups is 1. The third kappa shape index (κ3) is 3.46. The van der Waals surface area contributed by atoms with Gasteiger partial charge in [0, 0.05) is 11.0 Å². The summed E-state index contributed by atoms with van der Waals surface area (Å²) >= 11 is 9.37. The molecule has 3 nitrogen and oxygen atoms in total. The molecule has 0 aliphatic carbocycles. The second kappa shape index (κ2) is 6.55. The van der Waals surface area contributed by atoms with E-state index >= 15 is 0 Å². The number of halogens is 2. The van der Waals surface area contributed by atoms with Crippen molar-refractivity contribution in [1.82, 2.24) is 5.32 Å². The van der Waals surface area contributed by atoms with Gasteiger partial charge in [-0.1, -0.05) is 41.4 Å². The Balaban J connectivity index is 2.97. The average molecular weight is 334 g/mol. The van der Waals surface area contributed by atoms with Gasteiger partial charge in [0.05, 0.1) is 16.1 Å². The Morgan fingerprint density at radius 2 is 2.06 bits per heavy atom. The average Bonchev–Trinajstić information content (AvgIpc) is 2.38. The molecule has 0 radical (unpaired) electrons. The first-order chi connectivity index (χ1) is 8.48. The van der Waals surface area contributed by atoms with E-state index in [1.165, 1.54) is 0 Å². The Hall–Kier alpha value is -0.580. The summed E-state index contributed by atoms with van der Waals surface area (Å²) in [5, 5.41) is 3.43. The fourth-order valence-corrected chi connectivity index (χ4v) is 2.31. The number of benzene rings is 1. The van der Waals surface area contributed by atoms with Gasteiger partial charge in [-0.3, -0.25) is 4.79 Å². The molecule has 18 heavy (non-hydrogen) atoms. The molecule has 5 heteroatoms. The van der Waals surface area contributed by atoms with Gasteiger partial charge in [0.1, 0.15) is 0 Å². The van der Waals surface area contributed by atoms with Crippen LogP contribution in [0.15, 0.2) is 22.7 Å². The first-order valence-electron chi connectivity index (χ1n) is 5.95. The molecule has 0 spiro atoms. The van der Waals surface area contributed by atoms with Gasteiger partial charge in [-0.15, -0.1) is 0 Å². The molecule has 0 unspecified atom stereocenters. The molecular formula is C13H18BrClN2O. The molecule has 3 N–H and O–H groups in total. The third-order valence-corrected chi connectivity index (χ3v) is 4.12. The van der Waals surface area contributed by atoms with E-state index in [9.17, 15) is 4.79 Å². The zero-order valence-corrected chi connectivity index (χ0v) is 12.9. The van der Waals surface area contributed by atoms with Gasteiger partial charge >= 0.3 is 0 Å². The van der Waals surface area contributed by atoms with Crippen LogP contribution in [-0.4, -0.2) is 18.0 Å². The van der Waals surface area contributed by atoms with Crippen molar-refractivity contribution in [3.63, 3.8) is 0 Å². The molecule has 0 aromatic heterocycles. The van der Waals surface area contributed by atoms with Crippen molar-refractivity contribution in [3.05, 3.63) is 33.3 Å². The predicted molar refractivity (Wildman–Crippen MR) is 79.0 cm³/mol. The summed E-state index contributed by atoms with van der Waals surface area (Å²) in [6.07, 6.45) is 1.58. The molecule has 1 amide bonds. The van der Waals surface area contributed by atoms with Gasteiger partial charge in [0.15, 0.2) is 0 Å². The number of nitrogens with two attached hydrogens (primary N) is 1. The van der Waals surface area contributed by atoms with Crippen molar-refractivity contribution < 1.29 is 4.79 Å². The molecule has 0 bridgehead atoms. The highest BCUT2D eigenvalue weighted by Gasteiger charge is 2.27. The molecule has 0 aliphatic rings. The second-order valence-corrected chi connectivity index (χ2v) is 5.59. The normalized spacial score (nSPS) is 11.4. The minimum atomic E-state index is -0.358. The van der Waals surface area contributed by atoms with Crippen LogP contribution in [0.25, 0.3) is 0 Å². The lowest BCUT2D eigenvalue weighted by Crippen LogP contribution is -2.52. The molecule has 100 valence electrons. The zero-order chi connectivity index (χ0) is 13.8. The van der Waals surface area contributed by atoms with E-state index in [-0.39, 0.29) is 11.4 Å². The van der Waals surface area contributed by atoms with E-state index in [0.717, 1.165) is 17.3 Å². The Labute approximate surface area is 121 Å². The molecule has 1 aromatic carbocycles. The fraction of sp³-hybridized carbons (Fsp3) is 0.462. The zero-order valence-electron chi connectivity index (χ0n) is 10.6. The standard InChI is InChI=1S/C13H18BrClN2O/c1-3-13(4-2,8-16)17-12(18)10-7-9(14)5-6-11(10)15/h5-7H,3-4,8,16H2,1-2H3,(H,17,18). The number of amides is 1. The third-order valence-electron chi connectivity index (χ3n) is 3.30. The van der Waals surface area contributed by atoms with Crippen LogP contribution in [0.5, 0.6) is 0 Å². The van der Waals surface area contributed by atoms with Gasteiger partial charge < -0.3 is 11.1 Å². The van der Waals surface area contributed by atoms with E-state index in [1.54, 1.807) is 18.2 Å². The minimum Gasteiger partial charge on any atom is -0.345 e. The van der Waals surface area contributed by atoms with Crippen LogP contribution < -0.4 is 11.1 Å². The Bertz CT molecular complexity index is 425. The Morgan fingerprint density at radius 1 is 1.44 bits per heavy atom. The summed E-state index contributed by atoms with van der Waals surface area (Å²) in [5.74, 6) is -0.185. The van der Waals surface area contributed by atoms with Crippen molar-refractivity contribution in [3.8, 4) is 0 Å². The van der Waals surface area contributed by atoms with Crippen LogP contribution in [0, 0.1) is 0 Å². The van der Waals surface area contributed by atoms with Crippen molar-refractivity contribution >= 4 is 33.4 Å². The second-order valence-electron chi connectivity index (χ2n) is 4.27. The molecule has 0 saturated heterocycles. The number of hydrogen-bond donors (Lipinski definition) is 2. The van der Waals surface area contributed by atoms with E-state index in [0.29, 0.717) is 17.1 Å². The maximum absolute atomic E-state index is 12.2. The maximum Gasteiger partial charge on any atom is 0.253 e. The smallest absolute Gasteiger partial charge is 0.253 e. The van der Waals surface area contributed by atoms with E-state index in [1.807, 2.05) is 13.8 Å².